The van der Waals surface area contributed by atoms with Crippen LogP contribution in [0.1, 0.15) is 32.3 Å². The number of hydrogen-bond acceptors (Lipinski definition) is 2. The third-order valence-electron chi connectivity index (χ3n) is 2.52. The molecule has 1 aromatic rings. The van der Waals surface area contributed by atoms with E-state index in [1.807, 2.05) is 0 Å². The lowest BCUT2D eigenvalue weighted by molar-refractivity contribution is -0.146. The highest BCUT2D eigenvalue weighted by atomic mass is 19.1. The molecule has 17 heavy (non-hydrogen) atoms. The molecule has 2 nitrogen and oxygen atoms in total. The first-order valence-electron chi connectivity index (χ1n) is 5.59. The minimum atomic E-state index is -0.906. The lowest BCUT2D eigenvalue weighted by atomic mass is 9.88. The second-order valence-electron chi connectivity index (χ2n) is 4.11. The molecule has 0 radical (unpaired) electrons. The van der Waals surface area contributed by atoms with Gasteiger partial charge in [0.15, 0.2) is 0 Å². The Bertz CT molecular complexity index is 382. The summed E-state index contributed by atoms with van der Waals surface area (Å²) in [4.78, 5) is 11.7. The van der Waals surface area contributed by atoms with Gasteiger partial charge in [0.25, 0.3) is 0 Å². The predicted octanol–water partition coefficient (Wildman–Crippen LogP) is 3.27. The maximum absolute atomic E-state index is 13.6. The van der Waals surface area contributed by atoms with Crippen molar-refractivity contribution in [3.05, 3.63) is 35.4 Å². The van der Waals surface area contributed by atoms with Gasteiger partial charge in [-0.2, -0.15) is 0 Å². The Morgan fingerprint density at radius 1 is 1.29 bits per heavy atom. The first-order valence-corrected chi connectivity index (χ1v) is 5.59. The highest BCUT2D eigenvalue weighted by Crippen LogP contribution is 2.30. The summed E-state index contributed by atoms with van der Waals surface area (Å²) < 4.78 is 32.1. The molecule has 1 unspecified atom stereocenters. The highest BCUT2D eigenvalue weighted by molar-refractivity contribution is 5.78. The summed E-state index contributed by atoms with van der Waals surface area (Å²) in [6, 6.07) is 3.57. The second kappa shape index (κ2) is 5.75. The third kappa shape index (κ3) is 3.02. The maximum Gasteiger partial charge on any atom is 0.313 e. The zero-order valence-electron chi connectivity index (χ0n) is 10.2. The number of hydrogen-bond donors (Lipinski definition) is 0. The molecular weight excluding hydrogens is 226 g/mol. The van der Waals surface area contributed by atoms with Gasteiger partial charge < -0.3 is 4.74 Å². The first-order chi connectivity index (χ1) is 7.99. The van der Waals surface area contributed by atoms with Gasteiger partial charge in [-0.05, 0) is 25.0 Å². The molecule has 0 spiro atoms. The summed E-state index contributed by atoms with van der Waals surface area (Å²) in [5.74, 6) is -3.16. The number of esters is 1. The van der Waals surface area contributed by atoms with Crippen LogP contribution < -0.4 is 0 Å². The van der Waals surface area contributed by atoms with Crippen molar-refractivity contribution in [3.63, 3.8) is 0 Å². The summed E-state index contributed by atoms with van der Waals surface area (Å²) in [5.41, 5.74) is -0.207. The van der Waals surface area contributed by atoms with E-state index in [1.165, 1.54) is 6.07 Å². The van der Waals surface area contributed by atoms with Gasteiger partial charge in [0, 0.05) is 5.56 Å². The van der Waals surface area contributed by atoms with Crippen LogP contribution in [0.3, 0.4) is 0 Å². The van der Waals surface area contributed by atoms with Gasteiger partial charge in [0.1, 0.15) is 11.6 Å². The Hall–Kier alpha value is -1.45. The van der Waals surface area contributed by atoms with Crippen LogP contribution in [0.4, 0.5) is 8.78 Å². The van der Waals surface area contributed by atoms with Crippen molar-refractivity contribution in [1.82, 2.24) is 0 Å². The average Bonchev–Trinajstić information content (AvgIpc) is 2.23. The van der Waals surface area contributed by atoms with Crippen LogP contribution in [-0.2, 0) is 9.53 Å². The van der Waals surface area contributed by atoms with Gasteiger partial charge in [-0.3, -0.25) is 4.79 Å². The lowest BCUT2D eigenvalue weighted by Gasteiger charge is -2.20. The summed E-state index contributed by atoms with van der Waals surface area (Å²) >= 11 is 0. The van der Waals surface area contributed by atoms with E-state index in [9.17, 15) is 13.6 Å². The number of ether oxygens (including phenoxy) is 1. The molecule has 0 aliphatic rings. The molecule has 1 rings (SSSR count). The molecule has 0 aliphatic carbocycles. The van der Waals surface area contributed by atoms with E-state index in [-0.39, 0.29) is 18.1 Å². The number of carbonyl (C=O) groups excluding carboxylic acids is 1. The van der Waals surface area contributed by atoms with E-state index >= 15 is 0 Å². The fraction of sp³-hybridized carbons (Fsp3) is 0.462. The van der Waals surface area contributed by atoms with Crippen LogP contribution in [0.25, 0.3) is 0 Å². The standard InChI is InChI=1S/C13H16F2O2/c1-4-17-13(16)11(8(2)3)12-9(14)6-5-7-10(12)15/h5-8,11H,4H2,1-3H3. The Morgan fingerprint density at radius 2 is 1.82 bits per heavy atom. The predicted molar refractivity (Wildman–Crippen MR) is 60.6 cm³/mol. The van der Waals surface area contributed by atoms with Crippen molar-refractivity contribution < 1.29 is 18.3 Å². The number of rotatable bonds is 4. The van der Waals surface area contributed by atoms with Crippen LogP contribution >= 0.6 is 0 Å². The van der Waals surface area contributed by atoms with Crippen molar-refractivity contribution in [3.8, 4) is 0 Å². The van der Waals surface area contributed by atoms with Crippen molar-refractivity contribution in [2.45, 2.75) is 26.7 Å². The number of halogens is 2. The summed E-state index contributed by atoms with van der Waals surface area (Å²) in [6.07, 6.45) is 0. The molecule has 94 valence electrons. The van der Waals surface area contributed by atoms with Gasteiger partial charge >= 0.3 is 5.97 Å². The molecular formula is C13H16F2O2. The average molecular weight is 242 g/mol. The zero-order valence-corrected chi connectivity index (χ0v) is 10.2. The smallest absolute Gasteiger partial charge is 0.313 e. The van der Waals surface area contributed by atoms with Crippen LogP contribution in [0.5, 0.6) is 0 Å². The van der Waals surface area contributed by atoms with Crippen LogP contribution in [0, 0.1) is 17.6 Å². The maximum atomic E-state index is 13.6. The van der Waals surface area contributed by atoms with Gasteiger partial charge in [-0.15, -0.1) is 0 Å². The van der Waals surface area contributed by atoms with Crippen LogP contribution in [-0.4, -0.2) is 12.6 Å². The molecule has 0 aliphatic heterocycles. The van der Waals surface area contributed by atoms with Crippen LogP contribution in [0.15, 0.2) is 18.2 Å². The molecule has 0 saturated heterocycles. The third-order valence-corrected chi connectivity index (χ3v) is 2.52. The summed E-state index contributed by atoms with van der Waals surface area (Å²) in [5, 5.41) is 0. The highest BCUT2D eigenvalue weighted by Gasteiger charge is 2.30. The Kier molecular flexibility index (Phi) is 4.61. The van der Waals surface area contributed by atoms with E-state index < -0.39 is 23.5 Å². The van der Waals surface area contributed by atoms with Gasteiger partial charge in [-0.25, -0.2) is 8.78 Å². The molecule has 1 aromatic carbocycles. The fourth-order valence-electron chi connectivity index (χ4n) is 1.76. The molecule has 0 N–H and O–H groups in total. The molecule has 4 heteroatoms. The molecule has 0 saturated carbocycles. The van der Waals surface area contributed by atoms with E-state index in [1.54, 1.807) is 20.8 Å². The van der Waals surface area contributed by atoms with Crippen molar-refractivity contribution >= 4 is 5.97 Å². The molecule has 0 bridgehead atoms. The number of benzene rings is 1. The van der Waals surface area contributed by atoms with E-state index in [2.05, 4.69) is 0 Å². The minimum absolute atomic E-state index is 0.193. The molecule has 0 amide bonds. The SMILES string of the molecule is CCOC(=O)C(c1c(F)cccc1F)C(C)C. The Morgan fingerprint density at radius 3 is 2.24 bits per heavy atom. The van der Waals surface area contributed by atoms with Gasteiger partial charge in [0.05, 0.1) is 12.5 Å². The molecule has 1 atom stereocenters. The second-order valence-corrected chi connectivity index (χ2v) is 4.11. The summed E-state index contributed by atoms with van der Waals surface area (Å²) in [6.45, 7) is 5.31. The topological polar surface area (TPSA) is 26.3 Å². The van der Waals surface area contributed by atoms with Crippen molar-refractivity contribution in [2.24, 2.45) is 5.92 Å². The Balaban J connectivity index is 3.19. The zero-order chi connectivity index (χ0) is 13.0. The van der Waals surface area contributed by atoms with Crippen LogP contribution in [0.2, 0.25) is 0 Å². The summed E-state index contributed by atoms with van der Waals surface area (Å²) in [7, 11) is 0. The van der Waals surface area contributed by atoms with Crippen molar-refractivity contribution in [1.29, 1.82) is 0 Å². The van der Waals surface area contributed by atoms with E-state index in [0.29, 0.717) is 0 Å². The molecule has 0 aromatic heterocycles. The lowest BCUT2D eigenvalue weighted by Crippen LogP contribution is -2.23. The van der Waals surface area contributed by atoms with Gasteiger partial charge in [-0.1, -0.05) is 19.9 Å². The van der Waals surface area contributed by atoms with Crippen molar-refractivity contribution in [2.75, 3.05) is 6.61 Å². The fourth-order valence-corrected chi connectivity index (χ4v) is 1.76. The number of carbonyl (C=O) groups is 1. The molecule has 0 fully saturated rings. The largest absolute Gasteiger partial charge is 0.466 e. The molecule has 0 heterocycles. The van der Waals surface area contributed by atoms with E-state index in [0.717, 1.165) is 12.1 Å². The minimum Gasteiger partial charge on any atom is -0.466 e. The Labute approximate surface area is 99.6 Å². The normalized spacial score (nSPS) is 12.6. The monoisotopic (exact) mass is 242 g/mol. The van der Waals surface area contributed by atoms with E-state index in [4.69, 9.17) is 4.74 Å². The van der Waals surface area contributed by atoms with Gasteiger partial charge in [0.2, 0.25) is 0 Å². The first kappa shape index (κ1) is 13.6. The quantitative estimate of drug-likeness (QED) is 0.757.